The molecule has 0 amide bonds. The van der Waals surface area contributed by atoms with Crippen molar-refractivity contribution in [2.45, 2.75) is 4.90 Å². The molecule has 1 rings (SSSR count). The number of sulfonamides is 1. The lowest BCUT2D eigenvalue weighted by atomic mass is 10.4. The van der Waals surface area contributed by atoms with Gasteiger partial charge in [0.2, 0.25) is 0 Å². The second-order valence-corrected chi connectivity index (χ2v) is 3.71. The fourth-order valence-electron chi connectivity index (χ4n) is 0.719. The zero-order valence-electron chi connectivity index (χ0n) is 6.06. The first-order valence-corrected chi connectivity index (χ1v) is 4.61. The molecule has 0 aliphatic heterocycles. The molecule has 4 nitrogen and oxygen atoms in total. The monoisotopic (exact) mass is 182 g/mol. The first-order chi connectivity index (χ1) is 5.67. The molecule has 0 aliphatic carbocycles. The van der Waals surface area contributed by atoms with Gasteiger partial charge in [-0.2, -0.15) is 5.26 Å². The third kappa shape index (κ3) is 1.74. The number of hydrogen-bond donors (Lipinski definition) is 1. The van der Waals surface area contributed by atoms with Crippen LogP contribution in [0.2, 0.25) is 0 Å². The third-order valence-electron chi connectivity index (χ3n) is 1.23. The van der Waals surface area contributed by atoms with Crippen molar-refractivity contribution < 1.29 is 8.42 Å². The molecule has 1 aromatic rings. The summed E-state index contributed by atoms with van der Waals surface area (Å²) in [5.74, 6) is 0. The number of rotatable bonds is 2. The SMILES string of the molecule is N#CNS(=O)(=O)c1ccccc1. The molecule has 0 unspecified atom stereocenters. The van der Waals surface area contributed by atoms with E-state index in [2.05, 4.69) is 0 Å². The Kier molecular flexibility index (Phi) is 2.31. The molecule has 0 heterocycles. The lowest BCUT2D eigenvalue weighted by Crippen LogP contribution is -2.17. The van der Waals surface area contributed by atoms with Crippen molar-refractivity contribution in [3.8, 4) is 6.19 Å². The lowest BCUT2D eigenvalue weighted by molar-refractivity contribution is 0.591. The van der Waals surface area contributed by atoms with E-state index < -0.39 is 10.0 Å². The van der Waals surface area contributed by atoms with E-state index in [1.165, 1.54) is 18.3 Å². The Morgan fingerprint density at radius 2 is 1.83 bits per heavy atom. The Balaban J connectivity index is 3.09. The van der Waals surface area contributed by atoms with Gasteiger partial charge in [0.25, 0.3) is 10.0 Å². The largest absolute Gasteiger partial charge is 0.270 e. The topological polar surface area (TPSA) is 70.0 Å². The summed E-state index contributed by atoms with van der Waals surface area (Å²) in [6, 6.07) is 7.71. The molecule has 0 atom stereocenters. The lowest BCUT2D eigenvalue weighted by Gasteiger charge is -1.98. The molecule has 0 aliphatic rings. The Labute approximate surface area is 70.5 Å². The van der Waals surface area contributed by atoms with E-state index in [4.69, 9.17) is 5.26 Å². The van der Waals surface area contributed by atoms with E-state index in [-0.39, 0.29) is 4.90 Å². The zero-order chi connectivity index (χ0) is 9.03. The van der Waals surface area contributed by atoms with Crippen LogP contribution in [0.3, 0.4) is 0 Å². The molecule has 0 aromatic heterocycles. The summed E-state index contributed by atoms with van der Waals surface area (Å²) in [6.07, 6.45) is 1.37. The maximum atomic E-state index is 11.1. The van der Waals surface area contributed by atoms with E-state index >= 15 is 0 Å². The quantitative estimate of drug-likeness (QED) is 0.533. The molecule has 0 saturated carbocycles. The maximum Gasteiger partial charge on any atom is 0.270 e. The molecule has 0 saturated heterocycles. The highest BCUT2D eigenvalue weighted by Gasteiger charge is 2.10. The van der Waals surface area contributed by atoms with Crippen LogP contribution in [0.15, 0.2) is 35.2 Å². The molecule has 0 radical (unpaired) electrons. The summed E-state index contributed by atoms with van der Waals surface area (Å²) >= 11 is 0. The molecular weight excluding hydrogens is 176 g/mol. The van der Waals surface area contributed by atoms with Gasteiger partial charge in [-0.3, -0.25) is 0 Å². The molecule has 5 heteroatoms. The third-order valence-corrected chi connectivity index (χ3v) is 2.49. The number of nitriles is 1. The summed E-state index contributed by atoms with van der Waals surface area (Å²) in [7, 11) is -3.62. The van der Waals surface area contributed by atoms with Gasteiger partial charge in [-0.15, -0.1) is 0 Å². The minimum absolute atomic E-state index is 0.0894. The van der Waals surface area contributed by atoms with Crippen molar-refractivity contribution >= 4 is 10.0 Å². The summed E-state index contributed by atoms with van der Waals surface area (Å²) < 4.78 is 23.9. The van der Waals surface area contributed by atoms with Crippen molar-refractivity contribution in [1.29, 1.82) is 5.26 Å². The van der Waals surface area contributed by atoms with Gasteiger partial charge < -0.3 is 0 Å². The van der Waals surface area contributed by atoms with Crippen LogP contribution >= 0.6 is 0 Å². The van der Waals surface area contributed by atoms with E-state index in [0.29, 0.717) is 0 Å². The summed E-state index contributed by atoms with van der Waals surface area (Å²) in [4.78, 5) is 0.0894. The summed E-state index contributed by atoms with van der Waals surface area (Å²) in [5.41, 5.74) is 0. The predicted octanol–water partition coefficient (Wildman–Crippen LogP) is 0.446. The number of benzene rings is 1. The van der Waals surface area contributed by atoms with Gasteiger partial charge in [0.05, 0.1) is 4.90 Å². The van der Waals surface area contributed by atoms with Crippen LogP contribution in [0.5, 0.6) is 0 Å². The second kappa shape index (κ2) is 3.24. The molecular formula is C7H6N2O2S. The summed E-state index contributed by atoms with van der Waals surface area (Å²) in [5, 5.41) is 8.12. The van der Waals surface area contributed by atoms with E-state index in [9.17, 15) is 8.42 Å². The number of nitrogens with zero attached hydrogens (tertiary/aromatic N) is 1. The fourth-order valence-corrected chi connectivity index (χ4v) is 1.47. The average molecular weight is 182 g/mol. The van der Waals surface area contributed by atoms with Crippen molar-refractivity contribution in [2.75, 3.05) is 0 Å². The van der Waals surface area contributed by atoms with Crippen molar-refractivity contribution in [3.05, 3.63) is 30.3 Å². The molecule has 1 aromatic carbocycles. The van der Waals surface area contributed by atoms with Crippen LogP contribution in [-0.2, 0) is 10.0 Å². The predicted molar refractivity (Wildman–Crippen MR) is 42.4 cm³/mol. The second-order valence-electron chi connectivity index (χ2n) is 2.03. The van der Waals surface area contributed by atoms with E-state index in [1.54, 1.807) is 22.9 Å². The smallest absolute Gasteiger partial charge is 0.215 e. The normalized spacial score (nSPS) is 10.2. The highest BCUT2D eigenvalue weighted by Crippen LogP contribution is 2.05. The van der Waals surface area contributed by atoms with Gasteiger partial charge in [-0.1, -0.05) is 18.2 Å². The minimum atomic E-state index is -3.62. The Bertz CT molecular complexity index is 391. The van der Waals surface area contributed by atoms with Gasteiger partial charge in [0, 0.05) is 0 Å². The number of nitrogens with one attached hydrogen (secondary N) is 1. The van der Waals surface area contributed by atoms with Crippen LogP contribution in [0, 0.1) is 11.5 Å². The van der Waals surface area contributed by atoms with Crippen molar-refractivity contribution in [1.82, 2.24) is 4.72 Å². The van der Waals surface area contributed by atoms with Gasteiger partial charge in [0.1, 0.15) is 0 Å². The average Bonchev–Trinajstić information content (AvgIpc) is 2.06. The Hall–Kier alpha value is -1.54. The fraction of sp³-hybridized carbons (Fsp3) is 0. The molecule has 0 bridgehead atoms. The summed E-state index contributed by atoms with van der Waals surface area (Å²) in [6.45, 7) is 0. The highest BCUT2D eigenvalue weighted by molar-refractivity contribution is 7.89. The first kappa shape index (κ1) is 8.56. The van der Waals surface area contributed by atoms with Gasteiger partial charge in [0.15, 0.2) is 6.19 Å². The number of hydrogen-bond acceptors (Lipinski definition) is 3. The highest BCUT2D eigenvalue weighted by atomic mass is 32.2. The molecule has 1 N–H and O–H groups in total. The van der Waals surface area contributed by atoms with Gasteiger partial charge in [-0.25, -0.2) is 13.1 Å². The van der Waals surface area contributed by atoms with Crippen molar-refractivity contribution in [2.24, 2.45) is 0 Å². The first-order valence-electron chi connectivity index (χ1n) is 3.13. The van der Waals surface area contributed by atoms with Gasteiger partial charge in [-0.05, 0) is 12.1 Å². The van der Waals surface area contributed by atoms with Crippen LogP contribution in [0.4, 0.5) is 0 Å². The molecule has 62 valence electrons. The Morgan fingerprint density at radius 3 is 2.33 bits per heavy atom. The van der Waals surface area contributed by atoms with E-state index in [1.807, 2.05) is 0 Å². The minimum Gasteiger partial charge on any atom is -0.215 e. The molecule has 0 spiro atoms. The van der Waals surface area contributed by atoms with Crippen LogP contribution in [0.1, 0.15) is 0 Å². The molecule has 12 heavy (non-hydrogen) atoms. The van der Waals surface area contributed by atoms with Crippen molar-refractivity contribution in [3.63, 3.8) is 0 Å². The van der Waals surface area contributed by atoms with E-state index in [0.717, 1.165) is 0 Å². The van der Waals surface area contributed by atoms with Crippen LogP contribution < -0.4 is 4.72 Å². The van der Waals surface area contributed by atoms with Gasteiger partial charge >= 0.3 is 0 Å². The molecule has 0 fully saturated rings. The van der Waals surface area contributed by atoms with Crippen LogP contribution in [0.25, 0.3) is 0 Å². The van der Waals surface area contributed by atoms with Crippen LogP contribution in [-0.4, -0.2) is 8.42 Å². The maximum absolute atomic E-state index is 11.1. The zero-order valence-corrected chi connectivity index (χ0v) is 6.88. The standard InChI is InChI=1S/C7H6N2O2S/c8-6-9-12(10,11)7-4-2-1-3-5-7/h1-5,9H. The Morgan fingerprint density at radius 1 is 1.25 bits per heavy atom.